The van der Waals surface area contributed by atoms with E-state index in [0.29, 0.717) is 5.69 Å². The molecule has 0 spiro atoms. The molecule has 0 bridgehead atoms. The molecule has 2 rings (SSSR count). The van der Waals surface area contributed by atoms with Crippen LogP contribution in [-0.2, 0) is 4.79 Å². The second-order valence-corrected chi connectivity index (χ2v) is 5.55. The largest absolute Gasteiger partial charge is 0.324 e. The topological polar surface area (TPSA) is 41.5 Å². The van der Waals surface area contributed by atoms with Gasteiger partial charge in [0.15, 0.2) is 0 Å². The van der Waals surface area contributed by atoms with Crippen LogP contribution in [0.4, 0.5) is 11.4 Å². The number of anilines is 1. The molecule has 0 aliphatic heterocycles. The van der Waals surface area contributed by atoms with Crippen molar-refractivity contribution in [3.63, 3.8) is 0 Å². The maximum absolute atomic E-state index is 12.3. The molecule has 0 atom stereocenters. The fraction of sp³-hybridized carbons (Fsp3) is 0.474. The lowest BCUT2D eigenvalue weighted by Gasteiger charge is -2.25. The quantitative estimate of drug-likeness (QED) is 0.738. The van der Waals surface area contributed by atoms with Crippen LogP contribution in [-0.4, -0.2) is 12.6 Å². The minimum atomic E-state index is 0.100. The third-order valence-corrected chi connectivity index (χ3v) is 4.09. The lowest BCUT2D eigenvalue weighted by atomic mass is 9.82. The van der Waals surface area contributed by atoms with Gasteiger partial charge in [0.05, 0.1) is 11.4 Å². The third kappa shape index (κ3) is 4.55. The zero-order valence-corrected chi connectivity index (χ0v) is 14.1. The Morgan fingerprint density at radius 1 is 1.27 bits per heavy atom. The van der Waals surface area contributed by atoms with Gasteiger partial charge in [0.2, 0.25) is 5.91 Å². The second kappa shape index (κ2) is 9.19. The van der Waals surface area contributed by atoms with Gasteiger partial charge in [0.25, 0.3) is 0 Å². The van der Waals surface area contributed by atoms with Crippen LogP contribution in [0.2, 0.25) is 0 Å². The predicted molar refractivity (Wildman–Crippen MR) is 96.8 cm³/mol. The van der Waals surface area contributed by atoms with Crippen molar-refractivity contribution in [1.82, 2.24) is 0 Å². The number of aliphatic imine (C=N–C) groups is 1. The van der Waals surface area contributed by atoms with E-state index in [2.05, 4.69) is 30.5 Å². The first kappa shape index (κ1) is 18.1. The van der Waals surface area contributed by atoms with E-state index in [1.54, 1.807) is 6.08 Å². The Hall–Kier alpha value is -1.90. The Labute approximate surface area is 134 Å². The fourth-order valence-electron chi connectivity index (χ4n) is 2.76. The zero-order valence-electron chi connectivity index (χ0n) is 14.1. The Bertz CT molecular complexity index is 514. The molecule has 3 nitrogen and oxygen atoms in total. The van der Waals surface area contributed by atoms with E-state index >= 15 is 0 Å². The molecule has 0 unspecified atom stereocenters. The summed E-state index contributed by atoms with van der Waals surface area (Å²) in [7, 11) is 0. The van der Waals surface area contributed by atoms with Gasteiger partial charge in [-0.1, -0.05) is 45.6 Å². The smallest absolute Gasteiger partial charge is 0.227 e. The predicted octanol–water partition coefficient (Wildman–Crippen LogP) is 5.45. The van der Waals surface area contributed by atoms with Crippen LogP contribution in [0, 0.1) is 11.8 Å². The first-order chi connectivity index (χ1) is 10.7. The van der Waals surface area contributed by atoms with Crippen molar-refractivity contribution in [2.24, 2.45) is 16.8 Å². The Morgan fingerprint density at radius 2 is 1.91 bits per heavy atom. The Kier molecular flexibility index (Phi) is 7.58. The SMILES string of the molecule is C=Cc1cccc(NC(=O)C2CCC(C)CC2)c1N=C.CC. The van der Waals surface area contributed by atoms with Crippen molar-refractivity contribution in [1.29, 1.82) is 0 Å². The summed E-state index contributed by atoms with van der Waals surface area (Å²) in [4.78, 5) is 16.4. The summed E-state index contributed by atoms with van der Waals surface area (Å²) in [6, 6.07) is 5.67. The van der Waals surface area contributed by atoms with E-state index in [9.17, 15) is 4.79 Å². The molecule has 22 heavy (non-hydrogen) atoms. The number of carbonyl (C=O) groups excluding carboxylic acids is 1. The van der Waals surface area contributed by atoms with Crippen LogP contribution >= 0.6 is 0 Å². The molecule has 1 amide bonds. The highest BCUT2D eigenvalue weighted by molar-refractivity contribution is 5.96. The van der Waals surface area contributed by atoms with Crippen molar-refractivity contribution in [2.75, 3.05) is 5.32 Å². The molecule has 1 aliphatic rings. The number of nitrogens with zero attached hydrogens (tertiary/aromatic N) is 1. The molecule has 120 valence electrons. The monoisotopic (exact) mass is 300 g/mol. The van der Waals surface area contributed by atoms with Crippen molar-refractivity contribution >= 4 is 30.1 Å². The molecule has 0 heterocycles. The average molecular weight is 300 g/mol. The molecule has 1 aliphatic carbocycles. The van der Waals surface area contributed by atoms with Crippen LogP contribution in [0.3, 0.4) is 0 Å². The fourth-order valence-corrected chi connectivity index (χ4v) is 2.76. The molecule has 0 saturated heterocycles. The summed E-state index contributed by atoms with van der Waals surface area (Å²) in [6.45, 7) is 13.6. The number of rotatable bonds is 4. The first-order valence-corrected chi connectivity index (χ1v) is 8.18. The van der Waals surface area contributed by atoms with Gasteiger partial charge in [0.1, 0.15) is 0 Å². The molecule has 1 saturated carbocycles. The maximum Gasteiger partial charge on any atom is 0.227 e. The van der Waals surface area contributed by atoms with E-state index in [0.717, 1.165) is 42.9 Å². The van der Waals surface area contributed by atoms with Gasteiger partial charge in [-0.05, 0) is 44.4 Å². The number of carbonyl (C=O) groups is 1. The van der Waals surface area contributed by atoms with E-state index in [4.69, 9.17) is 0 Å². The van der Waals surface area contributed by atoms with E-state index in [1.165, 1.54) is 0 Å². The van der Waals surface area contributed by atoms with Gasteiger partial charge in [0, 0.05) is 11.5 Å². The van der Waals surface area contributed by atoms with E-state index in [1.807, 2.05) is 32.0 Å². The third-order valence-electron chi connectivity index (χ3n) is 4.09. The second-order valence-electron chi connectivity index (χ2n) is 5.55. The minimum absolute atomic E-state index is 0.100. The van der Waals surface area contributed by atoms with E-state index in [-0.39, 0.29) is 11.8 Å². The summed E-state index contributed by atoms with van der Waals surface area (Å²) in [6.07, 6.45) is 5.95. The van der Waals surface area contributed by atoms with Crippen molar-refractivity contribution in [2.45, 2.75) is 46.5 Å². The summed E-state index contributed by atoms with van der Waals surface area (Å²) in [5.41, 5.74) is 2.30. The van der Waals surface area contributed by atoms with Crippen molar-refractivity contribution < 1.29 is 4.79 Å². The van der Waals surface area contributed by atoms with Gasteiger partial charge in [-0.25, -0.2) is 0 Å². The van der Waals surface area contributed by atoms with Gasteiger partial charge in [-0.2, -0.15) is 0 Å². The molecule has 1 N–H and O–H groups in total. The highest BCUT2D eigenvalue weighted by Gasteiger charge is 2.24. The maximum atomic E-state index is 12.3. The lowest BCUT2D eigenvalue weighted by Crippen LogP contribution is -2.26. The molecule has 0 aromatic heterocycles. The minimum Gasteiger partial charge on any atom is -0.324 e. The zero-order chi connectivity index (χ0) is 16.5. The van der Waals surface area contributed by atoms with E-state index < -0.39 is 0 Å². The highest BCUT2D eigenvalue weighted by atomic mass is 16.1. The van der Waals surface area contributed by atoms with Crippen LogP contribution in [0.5, 0.6) is 0 Å². The number of hydrogen-bond acceptors (Lipinski definition) is 2. The highest BCUT2D eigenvalue weighted by Crippen LogP contribution is 2.32. The summed E-state index contributed by atoms with van der Waals surface area (Å²) in [5, 5.41) is 3.00. The Morgan fingerprint density at radius 3 is 2.45 bits per heavy atom. The number of para-hydroxylation sites is 1. The Balaban J connectivity index is 0.00000116. The van der Waals surface area contributed by atoms with Crippen LogP contribution in [0.1, 0.15) is 52.0 Å². The first-order valence-electron chi connectivity index (χ1n) is 8.18. The number of benzene rings is 1. The number of hydrogen-bond donors (Lipinski definition) is 1. The van der Waals surface area contributed by atoms with Crippen LogP contribution in [0.15, 0.2) is 29.8 Å². The molecule has 1 fully saturated rings. The van der Waals surface area contributed by atoms with Gasteiger partial charge >= 0.3 is 0 Å². The summed E-state index contributed by atoms with van der Waals surface area (Å²) in [5.74, 6) is 0.966. The standard InChI is InChI=1S/C17H22N2O.C2H6/c1-4-13-6-5-7-15(16(13)18-3)19-17(20)14-10-8-12(2)9-11-14;1-2/h4-7,12,14H,1,3,8-11H2,2H3,(H,19,20);1-2H3. The molecule has 3 heteroatoms. The molecular weight excluding hydrogens is 272 g/mol. The van der Waals surface area contributed by atoms with Crippen LogP contribution in [0.25, 0.3) is 6.08 Å². The van der Waals surface area contributed by atoms with Crippen molar-refractivity contribution in [3.8, 4) is 0 Å². The number of amides is 1. The van der Waals surface area contributed by atoms with Gasteiger partial charge in [-0.15, -0.1) is 0 Å². The summed E-state index contributed by atoms with van der Waals surface area (Å²) < 4.78 is 0. The molecule has 1 aromatic rings. The van der Waals surface area contributed by atoms with Crippen molar-refractivity contribution in [3.05, 3.63) is 30.3 Å². The molecule has 1 aromatic carbocycles. The van der Waals surface area contributed by atoms with Crippen LogP contribution < -0.4 is 5.32 Å². The average Bonchev–Trinajstić information content (AvgIpc) is 2.57. The summed E-state index contributed by atoms with van der Waals surface area (Å²) >= 11 is 0. The molecular formula is C19H28N2O. The van der Waals surface area contributed by atoms with Gasteiger partial charge in [-0.3, -0.25) is 9.79 Å². The normalized spacial score (nSPS) is 20.3. The lowest BCUT2D eigenvalue weighted by molar-refractivity contribution is -0.121. The molecule has 0 radical (unpaired) electrons. The number of nitrogens with one attached hydrogen (secondary N) is 1. The van der Waals surface area contributed by atoms with Gasteiger partial charge < -0.3 is 5.32 Å².